The van der Waals surface area contributed by atoms with E-state index in [0.29, 0.717) is 19.5 Å². The maximum atomic E-state index is 13.0. The molecule has 5 rings (SSSR count). The highest BCUT2D eigenvalue weighted by atomic mass is 16.2. The summed E-state index contributed by atoms with van der Waals surface area (Å²) in [5, 5.41) is 7.59. The van der Waals surface area contributed by atoms with Crippen LogP contribution in [0.2, 0.25) is 0 Å². The number of amides is 2. The Balaban J connectivity index is 1.08. The molecule has 2 amide bonds. The molecule has 1 unspecified atom stereocenters. The predicted octanol–water partition coefficient (Wildman–Crippen LogP) is 4.55. The van der Waals surface area contributed by atoms with Crippen molar-refractivity contribution in [3.8, 4) is 0 Å². The van der Waals surface area contributed by atoms with E-state index in [2.05, 4.69) is 58.9 Å². The molecule has 6 heteroatoms. The van der Waals surface area contributed by atoms with Gasteiger partial charge in [0.25, 0.3) is 0 Å². The van der Waals surface area contributed by atoms with Crippen LogP contribution in [-0.2, 0) is 16.1 Å². The van der Waals surface area contributed by atoms with Crippen LogP contribution in [0.3, 0.4) is 0 Å². The molecule has 1 aliphatic carbocycles. The predicted molar refractivity (Wildman–Crippen MR) is 140 cm³/mol. The number of aryl methyl sites for hydroxylation is 2. The molecule has 6 nitrogen and oxygen atoms in total. The second-order valence-electron chi connectivity index (χ2n) is 10.4. The normalized spacial score (nSPS) is 18.4. The second-order valence-corrected chi connectivity index (χ2v) is 10.4. The SMILES string of the molecule is Cc1ccn(CCC(=O)N2CCC3(CC2)CC3C(=O)NCCC(c2ccccc2)c2ccccc2)n1. The van der Waals surface area contributed by atoms with E-state index in [4.69, 9.17) is 0 Å². The van der Waals surface area contributed by atoms with Crippen LogP contribution in [0.5, 0.6) is 0 Å². The lowest BCUT2D eigenvalue weighted by Gasteiger charge is -2.33. The second kappa shape index (κ2) is 10.7. The highest BCUT2D eigenvalue weighted by Gasteiger charge is 2.58. The molecule has 3 aromatic rings. The van der Waals surface area contributed by atoms with Gasteiger partial charge in [0.1, 0.15) is 0 Å². The minimum Gasteiger partial charge on any atom is -0.356 e. The van der Waals surface area contributed by atoms with Gasteiger partial charge in [-0.15, -0.1) is 0 Å². The highest BCUT2D eigenvalue weighted by Crippen LogP contribution is 2.59. The molecular weight excluding hydrogens is 448 g/mol. The number of piperidine rings is 1. The van der Waals surface area contributed by atoms with E-state index in [9.17, 15) is 9.59 Å². The summed E-state index contributed by atoms with van der Waals surface area (Å²) in [4.78, 5) is 27.6. The Morgan fingerprint density at radius 2 is 1.64 bits per heavy atom. The molecule has 2 aromatic carbocycles. The van der Waals surface area contributed by atoms with Crippen molar-refractivity contribution in [3.63, 3.8) is 0 Å². The average molecular weight is 485 g/mol. The van der Waals surface area contributed by atoms with Crippen LogP contribution in [0.4, 0.5) is 0 Å². The lowest BCUT2D eigenvalue weighted by Crippen LogP contribution is -2.41. The Bertz CT molecular complexity index is 1130. The number of rotatable bonds is 9. The topological polar surface area (TPSA) is 67.2 Å². The first-order chi connectivity index (χ1) is 17.5. The number of nitrogens with zero attached hydrogens (tertiary/aromatic N) is 3. The van der Waals surface area contributed by atoms with Gasteiger partial charge in [0, 0.05) is 50.6 Å². The van der Waals surface area contributed by atoms with Gasteiger partial charge in [-0.25, -0.2) is 0 Å². The molecule has 2 fully saturated rings. The Morgan fingerprint density at radius 3 is 2.22 bits per heavy atom. The van der Waals surface area contributed by atoms with Gasteiger partial charge >= 0.3 is 0 Å². The van der Waals surface area contributed by atoms with Crippen molar-refractivity contribution in [2.75, 3.05) is 19.6 Å². The third-order valence-electron chi connectivity index (χ3n) is 8.08. The van der Waals surface area contributed by atoms with Crippen LogP contribution in [0.25, 0.3) is 0 Å². The number of carbonyl (C=O) groups excluding carboxylic acids is 2. The molecule has 188 valence electrons. The number of hydrogen-bond donors (Lipinski definition) is 1. The van der Waals surface area contributed by atoms with Crippen molar-refractivity contribution < 1.29 is 9.59 Å². The molecular formula is C30H36N4O2. The maximum Gasteiger partial charge on any atom is 0.224 e. The Kier molecular flexibility index (Phi) is 7.21. The maximum absolute atomic E-state index is 13.0. The number of nitrogens with one attached hydrogen (secondary N) is 1. The monoisotopic (exact) mass is 484 g/mol. The van der Waals surface area contributed by atoms with Gasteiger partial charge in [-0.3, -0.25) is 14.3 Å². The fourth-order valence-electron chi connectivity index (χ4n) is 5.79. The molecule has 2 heterocycles. The van der Waals surface area contributed by atoms with Gasteiger partial charge < -0.3 is 10.2 Å². The fraction of sp³-hybridized carbons (Fsp3) is 0.433. The first kappa shape index (κ1) is 24.3. The zero-order valence-electron chi connectivity index (χ0n) is 21.1. The summed E-state index contributed by atoms with van der Waals surface area (Å²) >= 11 is 0. The molecule has 1 saturated carbocycles. The van der Waals surface area contributed by atoms with Crippen LogP contribution in [-0.4, -0.2) is 46.1 Å². The quantitative estimate of drug-likeness (QED) is 0.485. The number of hydrogen-bond acceptors (Lipinski definition) is 3. The molecule has 1 N–H and O–H groups in total. The summed E-state index contributed by atoms with van der Waals surface area (Å²) in [6, 6.07) is 23.0. The van der Waals surface area contributed by atoms with E-state index < -0.39 is 0 Å². The fourth-order valence-corrected chi connectivity index (χ4v) is 5.79. The lowest BCUT2D eigenvalue weighted by atomic mass is 9.88. The number of carbonyl (C=O) groups is 2. The molecule has 2 aliphatic rings. The summed E-state index contributed by atoms with van der Waals surface area (Å²) in [5.74, 6) is 0.727. The van der Waals surface area contributed by atoms with Gasteiger partial charge in [-0.05, 0) is 55.2 Å². The summed E-state index contributed by atoms with van der Waals surface area (Å²) in [5.41, 5.74) is 3.62. The van der Waals surface area contributed by atoms with Crippen molar-refractivity contribution in [2.45, 2.75) is 51.5 Å². The Labute approximate surface area is 213 Å². The van der Waals surface area contributed by atoms with Crippen molar-refractivity contribution in [2.24, 2.45) is 11.3 Å². The van der Waals surface area contributed by atoms with Gasteiger partial charge in [0.05, 0.1) is 5.69 Å². The van der Waals surface area contributed by atoms with Crippen molar-refractivity contribution >= 4 is 11.8 Å². The Morgan fingerprint density at radius 1 is 1.00 bits per heavy atom. The van der Waals surface area contributed by atoms with Gasteiger partial charge in [0.15, 0.2) is 0 Å². The van der Waals surface area contributed by atoms with E-state index in [1.165, 1.54) is 11.1 Å². The average Bonchev–Trinajstić information content (AvgIpc) is 3.45. The van der Waals surface area contributed by atoms with Crippen LogP contribution in [0.1, 0.15) is 54.8 Å². The largest absolute Gasteiger partial charge is 0.356 e. The summed E-state index contributed by atoms with van der Waals surface area (Å²) in [7, 11) is 0. The summed E-state index contributed by atoms with van der Waals surface area (Å²) in [6.07, 6.45) is 6.07. The first-order valence-corrected chi connectivity index (χ1v) is 13.2. The molecule has 1 saturated heterocycles. The van der Waals surface area contributed by atoms with Crippen LogP contribution in [0.15, 0.2) is 72.9 Å². The van der Waals surface area contributed by atoms with Crippen molar-refractivity contribution in [1.29, 1.82) is 0 Å². The van der Waals surface area contributed by atoms with E-state index in [1.54, 1.807) is 0 Å². The molecule has 1 spiro atoms. The van der Waals surface area contributed by atoms with Crippen molar-refractivity contribution in [1.82, 2.24) is 20.0 Å². The van der Waals surface area contributed by atoms with Crippen molar-refractivity contribution in [3.05, 3.63) is 89.7 Å². The van der Waals surface area contributed by atoms with Crippen LogP contribution >= 0.6 is 0 Å². The standard InChI is InChI=1S/C30H36N4O2/c1-23-13-18-34(32-23)19-14-28(35)33-20-15-30(16-21-33)22-27(30)29(36)31-17-12-26(24-8-4-2-5-9-24)25-10-6-3-7-11-25/h2-11,13,18,26-27H,12,14-17,19-22H2,1H3,(H,31,36). The highest BCUT2D eigenvalue weighted by molar-refractivity contribution is 5.83. The number of likely N-dealkylation sites (tertiary alicyclic amines) is 1. The Hall–Kier alpha value is -3.41. The van der Waals surface area contributed by atoms with E-state index in [0.717, 1.165) is 44.5 Å². The first-order valence-electron chi connectivity index (χ1n) is 13.2. The van der Waals surface area contributed by atoms with Crippen LogP contribution in [0, 0.1) is 18.3 Å². The molecule has 36 heavy (non-hydrogen) atoms. The third-order valence-corrected chi connectivity index (χ3v) is 8.08. The molecule has 0 radical (unpaired) electrons. The smallest absolute Gasteiger partial charge is 0.224 e. The third kappa shape index (κ3) is 5.53. The van der Waals surface area contributed by atoms with E-state index in [-0.39, 0.29) is 29.1 Å². The molecule has 1 atom stereocenters. The minimum atomic E-state index is 0.0914. The van der Waals surface area contributed by atoms with E-state index >= 15 is 0 Å². The lowest BCUT2D eigenvalue weighted by molar-refractivity contribution is -0.133. The van der Waals surface area contributed by atoms with E-state index in [1.807, 2.05) is 40.9 Å². The van der Waals surface area contributed by atoms with Gasteiger partial charge in [0.2, 0.25) is 11.8 Å². The zero-order valence-corrected chi connectivity index (χ0v) is 21.1. The minimum absolute atomic E-state index is 0.0914. The zero-order chi connectivity index (χ0) is 25.0. The van der Waals surface area contributed by atoms with Gasteiger partial charge in [-0.1, -0.05) is 60.7 Å². The number of aromatic nitrogens is 2. The van der Waals surface area contributed by atoms with Crippen LogP contribution < -0.4 is 5.32 Å². The van der Waals surface area contributed by atoms with Gasteiger partial charge in [-0.2, -0.15) is 5.10 Å². The summed E-state index contributed by atoms with van der Waals surface area (Å²) < 4.78 is 1.83. The molecule has 0 bridgehead atoms. The number of benzene rings is 2. The molecule has 1 aromatic heterocycles. The summed E-state index contributed by atoms with van der Waals surface area (Å²) in [6.45, 7) is 4.74. The molecule has 1 aliphatic heterocycles.